The highest BCUT2D eigenvalue weighted by molar-refractivity contribution is 7.89. The highest BCUT2D eigenvalue weighted by Gasteiger charge is 2.28. The number of sulfonamides is 1. The average molecular weight is 472 g/mol. The molecule has 2 saturated heterocycles. The van der Waals surface area contributed by atoms with Crippen LogP contribution in [0.3, 0.4) is 0 Å². The molecule has 2 heterocycles. The van der Waals surface area contributed by atoms with Crippen LogP contribution < -0.4 is 0 Å². The maximum absolute atomic E-state index is 12.9. The first kappa shape index (κ1) is 23.4. The van der Waals surface area contributed by atoms with E-state index in [0.717, 1.165) is 6.42 Å². The highest BCUT2D eigenvalue weighted by Crippen LogP contribution is 2.19. The molecule has 8 nitrogen and oxygen atoms in total. The standard InChI is InChI=1S/C24H29N3O5S/c1-2-19-3-5-20(6-4-19)23(28)25-11-13-26(14-12-25)24(29)21-7-9-22(10-8-21)33(30,31)27-15-17-32-18-16-27/h3-10H,2,11-18H2,1H3. The third-order valence-electron chi connectivity index (χ3n) is 6.17. The van der Waals surface area contributed by atoms with Crippen LogP contribution in [0.2, 0.25) is 0 Å². The Balaban J connectivity index is 1.36. The van der Waals surface area contributed by atoms with Crippen LogP contribution >= 0.6 is 0 Å². The molecule has 2 aliphatic rings. The minimum atomic E-state index is -3.59. The summed E-state index contributed by atoms with van der Waals surface area (Å²) in [6.07, 6.45) is 0.926. The molecule has 0 atom stereocenters. The molecule has 0 bridgehead atoms. The number of benzene rings is 2. The van der Waals surface area contributed by atoms with Crippen LogP contribution in [0, 0.1) is 0 Å². The van der Waals surface area contributed by atoms with Crippen LogP contribution in [0.4, 0.5) is 0 Å². The van der Waals surface area contributed by atoms with Crippen molar-refractivity contribution in [3.63, 3.8) is 0 Å². The second-order valence-corrected chi connectivity index (χ2v) is 10.1. The van der Waals surface area contributed by atoms with Crippen molar-refractivity contribution in [3.05, 3.63) is 65.2 Å². The Morgan fingerprint density at radius 1 is 0.758 bits per heavy atom. The van der Waals surface area contributed by atoms with E-state index >= 15 is 0 Å². The Hall–Kier alpha value is -2.75. The summed E-state index contributed by atoms with van der Waals surface area (Å²) in [5, 5.41) is 0. The monoisotopic (exact) mass is 471 g/mol. The van der Waals surface area contributed by atoms with E-state index in [0.29, 0.717) is 63.6 Å². The number of ether oxygens (including phenoxy) is 1. The second-order valence-electron chi connectivity index (χ2n) is 8.18. The molecule has 176 valence electrons. The molecule has 0 aromatic heterocycles. The van der Waals surface area contributed by atoms with Gasteiger partial charge in [0, 0.05) is 50.4 Å². The van der Waals surface area contributed by atoms with E-state index in [2.05, 4.69) is 6.92 Å². The minimum Gasteiger partial charge on any atom is -0.379 e. The second kappa shape index (κ2) is 10.0. The Labute approximate surface area is 194 Å². The summed E-state index contributed by atoms with van der Waals surface area (Å²) in [5.74, 6) is -0.188. The number of morpholine rings is 1. The lowest BCUT2D eigenvalue weighted by Crippen LogP contribution is -2.50. The molecule has 0 N–H and O–H groups in total. The van der Waals surface area contributed by atoms with Gasteiger partial charge in [-0.3, -0.25) is 9.59 Å². The summed E-state index contributed by atoms with van der Waals surface area (Å²) in [6.45, 7) is 5.29. The molecule has 4 rings (SSSR count). The summed E-state index contributed by atoms with van der Waals surface area (Å²) in [5.41, 5.74) is 2.28. The van der Waals surface area contributed by atoms with Gasteiger partial charge in [0.15, 0.2) is 0 Å². The Morgan fingerprint density at radius 3 is 1.67 bits per heavy atom. The third kappa shape index (κ3) is 5.10. The molecule has 0 saturated carbocycles. The lowest BCUT2D eigenvalue weighted by Gasteiger charge is -2.35. The van der Waals surface area contributed by atoms with Crippen LogP contribution in [0.1, 0.15) is 33.2 Å². The average Bonchev–Trinajstić information content (AvgIpc) is 2.88. The van der Waals surface area contributed by atoms with Gasteiger partial charge in [0.1, 0.15) is 0 Å². The first-order chi connectivity index (χ1) is 15.9. The fourth-order valence-corrected chi connectivity index (χ4v) is 5.47. The van der Waals surface area contributed by atoms with Gasteiger partial charge in [-0.05, 0) is 48.4 Å². The SMILES string of the molecule is CCc1ccc(C(=O)N2CCN(C(=O)c3ccc(S(=O)(=O)N4CCOCC4)cc3)CC2)cc1. The first-order valence-electron chi connectivity index (χ1n) is 11.3. The van der Waals surface area contributed by atoms with Crippen molar-refractivity contribution in [2.24, 2.45) is 0 Å². The van der Waals surface area contributed by atoms with Gasteiger partial charge in [-0.1, -0.05) is 19.1 Å². The summed E-state index contributed by atoms with van der Waals surface area (Å²) in [6, 6.07) is 13.7. The Morgan fingerprint density at radius 2 is 1.21 bits per heavy atom. The maximum Gasteiger partial charge on any atom is 0.253 e. The van der Waals surface area contributed by atoms with E-state index in [4.69, 9.17) is 4.74 Å². The van der Waals surface area contributed by atoms with Crippen molar-refractivity contribution in [1.29, 1.82) is 0 Å². The van der Waals surface area contributed by atoms with Crippen molar-refractivity contribution in [2.45, 2.75) is 18.2 Å². The van der Waals surface area contributed by atoms with Crippen molar-refractivity contribution in [2.75, 3.05) is 52.5 Å². The lowest BCUT2D eigenvalue weighted by molar-refractivity contribution is 0.0535. The number of amides is 2. The molecule has 33 heavy (non-hydrogen) atoms. The van der Waals surface area contributed by atoms with E-state index in [-0.39, 0.29) is 16.7 Å². The van der Waals surface area contributed by atoms with E-state index < -0.39 is 10.0 Å². The summed E-state index contributed by atoms with van der Waals surface area (Å²) in [4.78, 5) is 29.3. The van der Waals surface area contributed by atoms with Crippen molar-refractivity contribution in [1.82, 2.24) is 14.1 Å². The molecule has 2 fully saturated rings. The van der Waals surface area contributed by atoms with Gasteiger partial charge in [0.25, 0.3) is 11.8 Å². The maximum atomic E-state index is 12.9. The van der Waals surface area contributed by atoms with Crippen molar-refractivity contribution >= 4 is 21.8 Å². The molecule has 0 aliphatic carbocycles. The summed E-state index contributed by atoms with van der Waals surface area (Å²) < 4.78 is 32.1. The zero-order chi connectivity index (χ0) is 23.4. The predicted molar refractivity (Wildman–Crippen MR) is 124 cm³/mol. The molecular formula is C24H29N3O5S. The van der Waals surface area contributed by atoms with E-state index in [9.17, 15) is 18.0 Å². The molecule has 0 radical (unpaired) electrons. The fourth-order valence-electron chi connectivity index (χ4n) is 4.07. The molecular weight excluding hydrogens is 442 g/mol. The number of aryl methyl sites for hydroxylation is 1. The Bertz CT molecular complexity index is 1090. The van der Waals surface area contributed by atoms with Gasteiger partial charge in [-0.15, -0.1) is 0 Å². The zero-order valence-corrected chi connectivity index (χ0v) is 19.6. The molecule has 2 aliphatic heterocycles. The van der Waals surface area contributed by atoms with Gasteiger partial charge in [0.05, 0.1) is 18.1 Å². The molecule has 0 spiro atoms. The van der Waals surface area contributed by atoms with E-state index in [1.807, 2.05) is 24.3 Å². The normalized spacial score (nSPS) is 17.7. The summed E-state index contributed by atoms with van der Waals surface area (Å²) in [7, 11) is -3.59. The third-order valence-corrected chi connectivity index (χ3v) is 8.09. The van der Waals surface area contributed by atoms with Crippen LogP contribution in [0.25, 0.3) is 0 Å². The molecule has 9 heteroatoms. The van der Waals surface area contributed by atoms with Crippen LogP contribution in [0.5, 0.6) is 0 Å². The van der Waals surface area contributed by atoms with E-state index in [1.54, 1.807) is 21.9 Å². The van der Waals surface area contributed by atoms with E-state index in [1.165, 1.54) is 22.0 Å². The van der Waals surface area contributed by atoms with Crippen LogP contribution in [0.15, 0.2) is 53.4 Å². The fraction of sp³-hybridized carbons (Fsp3) is 0.417. The quantitative estimate of drug-likeness (QED) is 0.665. The molecule has 2 aromatic carbocycles. The predicted octanol–water partition coefficient (Wildman–Crippen LogP) is 1.87. The molecule has 2 aromatic rings. The smallest absolute Gasteiger partial charge is 0.253 e. The zero-order valence-electron chi connectivity index (χ0n) is 18.8. The number of nitrogens with zero attached hydrogens (tertiary/aromatic N) is 3. The van der Waals surface area contributed by atoms with Gasteiger partial charge in [-0.2, -0.15) is 4.31 Å². The van der Waals surface area contributed by atoms with Gasteiger partial charge in [0.2, 0.25) is 10.0 Å². The van der Waals surface area contributed by atoms with Gasteiger partial charge >= 0.3 is 0 Å². The minimum absolute atomic E-state index is 0.0255. The summed E-state index contributed by atoms with van der Waals surface area (Å²) >= 11 is 0. The Kier molecular flexibility index (Phi) is 7.11. The number of piperazine rings is 1. The van der Waals surface area contributed by atoms with Crippen molar-refractivity contribution < 1.29 is 22.7 Å². The molecule has 0 unspecified atom stereocenters. The van der Waals surface area contributed by atoms with Gasteiger partial charge in [-0.25, -0.2) is 8.42 Å². The topological polar surface area (TPSA) is 87.2 Å². The lowest BCUT2D eigenvalue weighted by atomic mass is 10.1. The van der Waals surface area contributed by atoms with Gasteiger partial charge < -0.3 is 14.5 Å². The largest absolute Gasteiger partial charge is 0.379 e. The first-order valence-corrected chi connectivity index (χ1v) is 12.7. The van der Waals surface area contributed by atoms with Crippen LogP contribution in [-0.2, 0) is 21.2 Å². The number of hydrogen-bond acceptors (Lipinski definition) is 5. The number of hydrogen-bond donors (Lipinski definition) is 0. The number of rotatable bonds is 5. The molecule has 2 amide bonds. The van der Waals surface area contributed by atoms with Crippen LogP contribution in [-0.4, -0.2) is 86.8 Å². The number of carbonyl (C=O) groups excluding carboxylic acids is 2. The highest BCUT2D eigenvalue weighted by atomic mass is 32.2. The van der Waals surface area contributed by atoms with Crippen molar-refractivity contribution in [3.8, 4) is 0 Å². The number of carbonyl (C=O) groups is 2.